The Balaban J connectivity index is 2.08. The van der Waals surface area contributed by atoms with Gasteiger partial charge in [-0.1, -0.05) is 6.07 Å². The standard InChI is InChI=1S/C14H12FNO/c1-17-14-8-9(4-5-16-14)11-6-10-2-3-12(10)13(15)7-11/h4-8H,2-3H2,1H3. The van der Waals surface area contributed by atoms with Crippen LogP contribution in [0.3, 0.4) is 0 Å². The van der Waals surface area contributed by atoms with Crippen LogP contribution in [-0.2, 0) is 12.8 Å². The van der Waals surface area contributed by atoms with Crippen LogP contribution in [0.25, 0.3) is 11.1 Å². The molecule has 0 atom stereocenters. The SMILES string of the molecule is COc1cc(-c2cc(F)c3c(c2)CC3)ccn1. The molecule has 0 unspecified atom stereocenters. The summed E-state index contributed by atoms with van der Waals surface area (Å²) in [6.45, 7) is 0. The van der Waals surface area contributed by atoms with Gasteiger partial charge in [-0.3, -0.25) is 0 Å². The lowest BCUT2D eigenvalue weighted by molar-refractivity contribution is 0.398. The molecule has 3 heteroatoms. The third kappa shape index (κ3) is 1.68. The van der Waals surface area contributed by atoms with E-state index in [1.807, 2.05) is 12.1 Å². The highest BCUT2D eigenvalue weighted by atomic mass is 19.1. The van der Waals surface area contributed by atoms with Crippen LogP contribution in [0.5, 0.6) is 5.88 Å². The van der Waals surface area contributed by atoms with Crippen molar-refractivity contribution < 1.29 is 9.13 Å². The number of rotatable bonds is 2. The second-order valence-corrected chi connectivity index (χ2v) is 4.18. The van der Waals surface area contributed by atoms with Crippen LogP contribution in [0.1, 0.15) is 11.1 Å². The molecule has 2 nitrogen and oxygen atoms in total. The largest absolute Gasteiger partial charge is 0.481 e. The number of hydrogen-bond donors (Lipinski definition) is 0. The number of fused-ring (bicyclic) bond motifs is 1. The van der Waals surface area contributed by atoms with Gasteiger partial charge in [-0.05, 0) is 47.2 Å². The molecule has 0 N–H and O–H groups in total. The maximum atomic E-state index is 13.7. The fourth-order valence-electron chi connectivity index (χ4n) is 2.15. The summed E-state index contributed by atoms with van der Waals surface area (Å²) in [6.07, 6.45) is 3.51. The van der Waals surface area contributed by atoms with Crippen LogP contribution in [0.15, 0.2) is 30.5 Å². The highest BCUT2D eigenvalue weighted by Gasteiger charge is 2.19. The van der Waals surface area contributed by atoms with Crippen LogP contribution < -0.4 is 4.74 Å². The Bertz CT molecular complexity index is 563. The van der Waals surface area contributed by atoms with E-state index in [-0.39, 0.29) is 5.82 Å². The van der Waals surface area contributed by atoms with E-state index < -0.39 is 0 Å². The number of pyridine rings is 1. The Morgan fingerprint density at radius 2 is 2.06 bits per heavy atom. The molecule has 0 fully saturated rings. The molecule has 2 aromatic rings. The molecule has 0 aliphatic heterocycles. The van der Waals surface area contributed by atoms with E-state index in [1.54, 1.807) is 19.4 Å². The summed E-state index contributed by atoms with van der Waals surface area (Å²) in [5.74, 6) is 0.449. The summed E-state index contributed by atoms with van der Waals surface area (Å²) in [5.41, 5.74) is 3.82. The number of halogens is 1. The zero-order chi connectivity index (χ0) is 11.8. The van der Waals surface area contributed by atoms with Gasteiger partial charge in [-0.15, -0.1) is 0 Å². The van der Waals surface area contributed by atoms with Crippen molar-refractivity contribution in [3.8, 4) is 17.0 Å². The van der Waals surface area contributed by atoms with Crippen molar-refractivity contribution in [1.29, 1.82) is 0 Å². The molecule has 3 rings (SSSR count). The number of hydrogen-bond acceptors (Lipinski definition) is 2. The molecule has 0 saturated carbocycles. The maximum absolute atomic E-state index is 13.7. The lowest BCUT2D eigenvalue weighted by atomic mass is 9.85. The van der Waals surface area contributed by atoms with Crippen molar-refractivity contribution >= 4 is 0 Å². The van der Waals surface area contributed by atoms with Gasteiger partial charge >= 0.3 is 0 Å². The minimum Gasteiger partial charge on any atom is -0.481 e. The van der Waals surface area contributed by atoms with E-state index in [2.05, 4.69) is 11.1 Å². The molecule has 1 aliphatic carbocycles. The zero-order valence-electron chi connectivity index (χ0n) is 9.53. The minimum absolute atomic E-state index is 0.0977. The molecule has 0 bridgehead atoms. The van der Waals surface area contributed by atoms with Gasteiger partial charge in [-0.25, -0.2) is 9.37 Å². The number of aromatic nitrogens is 1. The van der Waals surface area contributed by atoms with E-state index in [4.69, 9.17) is 4.74 Å². The van der Waals surface area contributed by atoms with Crippen molar-refractivity contribution in [1.82, 2.24) is 4.98 Å². The Hall–Kier alpha value is -1.90. The first-order valence-corrected chi connectivity index (χ1v) is 5.59. The topological polar surface area (TPSA) is 22.1 Å². The van der Waals surface area contributed by atoms with E-state index in [1.165, 1.54) is 0 Å². The second kappa shape index (κ2) is 3.84. The smallest absolute Gasteiger partial charge is 0.213 e. The molecule has 17 heavy (non-hydrogen) atoms. The van der Waals surface area contributed by atoms with E-state index in [9.17, 15) is 4.39 Å². The van der Waals surface area contributed by atoms with Crippen molar-refractivity contribution in [2.45, 2.75) is 12.8 Å². The summed E-state index contributed by atoms with van der Waals surface area (Å²) >= 11 is 0. The molecule has 1 aliphatic rings. The van der Waals surface area contributed by atoms with E-state index >= 15 is 0 Å². The predicted octanol–water partition coefficient (Wildman–Crippen LogP) is 2.99. The molecule has 1 aromatic carbocycles. The number of aryl methyl sites for hydroxylation is 1. The maximum Gasteiger partial charge on any atom is 0.213 e. The normalized spacial score (nSPS) is 12.8. The fourth-order valence-corrected chi connectivity index (χ4v) is 2.15. The average Bonchev–Trinajstić information content (AvgIpc) is 2.31. The van der Waals surface area contributed by atoms with Gasteiger partial charge in [-0.2, -0.15) is 0 Å². The third-order valence-electron chi connectivity index (χ3n) is 3.21. The summed E-state index contributed by atoms with van der Waals surface area (Å²) < 4.78 is 18.8. The van der Waals surface area contributed by atoms with Crippen LogP contribution >= 0.6 is 0 Å². The zero-order valence-corrected chi connectivity index (χ0v) is 9.53. The molecule has 0 saturated heterocycles. The van der Waals surface area contributed by atoms with Crippen molar-refractivity contribution in [3.05, 3.63) is 47.4 Å². The first kappa shape index (κ1) is 10.3. The first-order chi connectivity index (χ1) is 8.28. The predicted molar refractivity (Wildman–Crippen MR) is 63.6 cm³/mol. The van der Waals surface area contributed by atoms with Gasteiger partial charge in [0.2, 0.25) is 5.88 Å². The van der Waals surface area contributed by atoms with Crippen molar-refractivity contribution in [2.24, 2.45) is 0 Å². The average molecular weight is 229 g/mol. The van der Waals surface area contributed by atoms with Crippen molar-refractivity contribution in [3.63, 3.8) is 0 Å². The van der Waals surface area contributed by atoms with Crippen LogP contribution in [0, 0.1) is 5.82 Å². The summed E-state index contributed by atoms with van der Waals surface area (Å²) in [5, 5.41) is 0. The molecular weight excluding hydrogens is 217 g/mol. The van der Waals surface area contributed by atoms with Gasteiger partial charge in [0.1, 0.15) is 5.82 Å². The highest BCUT2D eigenvalue weighted by molar-refractivity contribution is 5.66. The van der Waals surface area contributed by atoms with Gasteiger partial charge in [0, 0.05) is 12.3 Å². The molecule has 1 heterocycles. The summed E-state index contributed by atoms with van der Waals surface area (Å²) in [7, 11) is 1.57. The Labute approximate surface area is 99.1 Å². The lowest BCUT2D eigenvalue weighted by Crippen LogP contribution is -2.11. The van der Waals surface area contributed by atoms with Gasteiger partial charge < -0.3 is 4.74 Å². The number of benzene rings is 1. The number of ether oxygens (including phenoxy) is 1. The van der Waals surface area contributed by atoms with E-state index in [0.717, 1.165) is 35.1 Å². The molecule has 0 radical (unpaired) electrons. The lowest BCUT2D eigenvalue weighted by Gasteiger charge is -2.20. The minimum atomic E-state index is -0.0977. The fraction of sp³-hybridized carbons (Fsp3) is 0.214. The van der Waals surface area contributed by atoms with Crippen LogP contribution in [0.4, 0.5) is 4.39 Å². The molecule has 0 spiro atoms. The van der Waals surface area contributed by atoms with Crippen LogP contribution in [0.2, 0.25) is 0 Å². The van der Waals surface area contributed by atoms with Gasteiger partial charge in [0.15, 0.2) is 0 Å². The quantitative estimate of drug-likeness (QED) is 0.789. The number of nitrogens with zero attached hydrogens (tertiary/aromatic N) is 1. The summed E-state index contributed by atoms with van der Waals surface area (Å²) in [4.78, 5) is 4.04. The van der Waals surface area contributed by atoms with Gasteiger partial charge in [0.05, 0.1) is 7.11 Å². The summed E-state index contributed by atoms with van der Waals surface area (Å²) in [6, 6.07) is 7.33. The molecular formula is C14H12FNO. The van der Waals surface area contributed by atoms with Gasteiger partial charge in [0.25, 0.3) is 0 Å². The van der Waals surface area contributed by atoms with Crippen LogP contribution in [-0.4, -0.2) is 12.1 Å². The number of methoxy groups -OCH3 is 1. The van der Waals surface area contributed by atoms with Crippen molar-refractivity contribution in [2.75, 3.05) is 7.11 Å². The second-order valence-electron chi connectivity index (χ2n) is 4.18. The highest BCUT2D eigenvalue weighted by Crippen LogP contribution is 2.32. The molecule has 1 aromatic heterocycles. The first-order valence-electron chi connectivity index (χ1n) is 5.59. The Morgan fingerprint density at radius 3 is 2.71 bits per heavy atom. The Morgan fingerprint density at radius 1 is 1.18 bits per heavy atom. The van der Waals surface area contributed by atoms with E-state index in [0.29, 0.717) is 5.88 Å². The Kier molecular flexibility index (Phi) is 2.32. The third-order valence-corrected chi connectivity index (χ3v) is 3.21. The molecule has 0 amide bonds. The molecule has 86 valence electrons. The monoisotopic (exact) mass is 229 g/mol.